The van der Waals surface area contributed by atoms with E-state index in [9.17, 15) is 45.5 Å². The maximum Gasteiger partial charge on any atom is 0.417 e. The van der Waals surface area contributed by atoms with Crippen molar-refractivity contribution in [2.24, 2.45) is 10.2 Å². The van der Waals surface area contributed by atoms with Crippen LogP contribution in [0.25, 0.3) is 16.5 Å². The minimum atomic E-state index is -4.65. The number of nitrogens with zero attached hydrogens (tertiary/aromatic N) is 7. The molecule has 424 valence electrons. The van der Waals surface area contributed by atoms with Gasteiger partial charge in [-0.25, -0.2) is 10.1 Å². The van der Waals surface area contributed by atoms with Crippen molar-refractivity contribution in [1.82, 2.24) is 25.7 Å². The van der Waals surface area contributed by atoms with Gasteiger partial charge >= 0.3 is 12.4 Å². The van der Waals surface area contributed by atoms with Crippen LogP contribution < -0.4 is 21.4 Å². The number of alkyl halides is 6. The first-order chi connectivity index (χ1) is 39.0. The molecule has 0 radical (unpaired) electrons. The molecule has 0 atom stereocenters. The second-order valence-corrected chi connectivity index (χ2v) is 18.3. The summed E-state index contributed by atoms with van der Waals surface area (Å²) < 4.78 is 80.0. The lowest BCUT2D eigenvalue weighted by molar-refractivity contribution is -0.138. The Morgan fingerprint density at radius 1 is 0.695 bits per heavy atom. The van der Waals surface area contributed by atoms with Crippen LogP contribution >= 0.6 is 46.4 Å². The van der Waals surface area contributed by atoms with E-state index in [1.807, 2.05) is 6.07 Å². The highest BCUT2D eigenvalue weighted by Crippen LogP contribution is 2.36. The Morgan fingerprint density at radius 2 is 1.24 bits per heavy atom. The molecule has 0 saturated heterocycles. The largest absolute Gasteiger partial charge is 0.417 e. The number of aliphatic hydroxyl groups is 2. The van der Waals surface area contributed by atoms with Crippen molar-refractivity contribution in [2.75, 3.05) is 23.8 Å². The maximum absolute atomic E-state index is 13.1. The summed E-state index contributed by atoms with van der Waals surface area (Å²) in [5, 5.41) is 39.4. The molecular weight excluding hydrogens is 1170 g/mol. The number of hydrogen-bond donors (Lipinski definition) is 6. The van der Waals surface area contributed by atoms with Crippen LogP contribution in [0.1, 0.15) is 86.9 Å². The van der Waals surface area contributed by atoms with Gasteiger partial charge in [-0.05, 0) is 119 Å². The van der Waals surface area contributed by atoms with E-state index < -0.39 is 57.2 Å². The van der Waals surface area contributed by atoms with E-state index in [1.54, 1.807) is 41.2 Å². The Hall–Kier alpha value is -8.72. The maximum atomic E-state index is 13.1. The van der Waals surface area contributed by atoms with Gasteiger partial charge in [-0.2, -0.15) is 31.4 Å². The molecule has 82 heavy (non-hydrogen) atoms. The molecule has 0 aliphatic rings. The molecule has 1 aromatic heterocycles. The number of aromatic nitrogens is 3. The van der Waals surface area contributed by atoms with E-state index in [0.717, 1.165) is 36.0 Å². The van der Waals surface area contributed by atoms with Gasteiger partial charge in [0, 0.05) is 57.9 Å². The highest BCUT2D eigenvalue weighted by atomic mass is 35.5. The number of carbonyl (C=O) groups is 4. The summed E-state index contributed by atoms with van der Waals surface area (Å²) in [7, 11) is 0. The molecule has 0 saturated carbocycles. The molecule has 6 aromatic carbocycles. The molecule has 4 amide bonds. The Morgan fingerprint density at radius 3 is 1.78 bits per heavy atom. The van der Waals surface area contributed by atoms with E-state index in [0.29, 0.717) is 36.2 Å². The first-order valence-electron chi connectivity index (χ1n) is 23.5. The first-order valence-corrected chi connectivity index (χ1v) is 25.0. The summed E-state index contributed by atoms with van der Waals surface area (Å²) in [4.78, 5) is 54.1. The molecular formula is C55H43Cl4F6N11O6. The van der Waals surface area contributed by atoms with Gasteiger partial charge in [0.05, 0.1) is 75.3 Å². The van der Waals surface area contributed by atoms with Crippen LogP contribution in [0.4, 0.5) is 37.7 Å². The number of azide groups is 1. The van der Waals surface area contributed by atoms with Gasteiger partial charge in [-0.3, -0.25) is 19.2 Å². The van der Waals surface area contributed by atoms with Crippen molar-refractivity contribution in [3.8, 4) is 12.3 Å². The smallest absolute Gasteiger partial charge is 0.396 e. The van der Waals surface area contributed by atoms with E-state index in [1.165, 1.54) is 72.9 Å². The van der Waals surface area contributed by atoms with E-state index in [2.05, 4.69) is 52.7 Å². The fourth-order valence-corrected chi connectivity index (χ4v) is 7.66. The third-order valence-electron chi connectivity index (χ3n) is 10.7. The lowest BCUT2D eigenvalue weighted by Gasteiger charge is -2.12. The van der Waals surface area contributed by atoms with Gasteiger partial charge in [0.15, 0.2) is 0 Å². The molecule has 7 aromatic rings. The summed E-state index contributed by atoms with van der Waals surface area (Å²) in [5.41, 5.74) is 11.7. The van der Waals surface area contributed by atoms with Crippen LogP contribution in [-0.4, -0.2) is 68.3 Å². The van der Waals surface area contributed by atoms with Gasteiger partial charge < -0.3 is 26.2 Å². The second-order valence-electron chi connectivity index (χ2n) is 16.6. The van der Waals surface area contributed by atoms with Crippen LogP contribution in [0.15, 0.2) is 144 Å². The highest BCUT2D eigenvalue weighted by molar-refractivity contribution is 6.32. The van der Waals surface area contributed by atoms with Crippen molar-refractivity contribution < 1.29 is 55.7 Å². The molecule has 27 heteroatoms. The van der Waals surface area contributed by atoms with E-state index in [4.69, 9.17) is 68.6 Å². The number of anilines is 2. The average Bonchev–Trinajstić information content (AvgIpc) is 3.96. The monoisotopic (exact) mass is 1210 g/mol. The highest BCUT2D eigenvalue weighted by Gasteiger charge is 2.34. The SMILES string of the molecule is C#CCCO.O=C(Nc1ccc(Cl)cc1C(=O)N/C=C/c1ccc(Cl)c(C(F)(F)F)c1)c1cccc(Cn2cc(CCO)nn2)c1.[N-]=[N+]=NCc1cccc(C(=O)Nc2ccc(Cl)cc2C(=O)N/N=C/c2ccc(Cl)c(C(F)(F)F)c2)c1. The van der Waals surface area contributed by atoms with Crippen molar-refractivity contribution >= 4 is 93.7 Å². The average molecular weight is 1210 g/mol. The molecule has 0 bridgehead atoms. The predicted octanol–water partition coefficient (Wildman–Crippen LogP) is 12.7. The lowest BCUT2D eigenvalue weighted by Crippen LogP contribution is -2.21. The number of halogens is 10. The topological polar surface area (TPSA) is 249 Å². The number of benzene rings is 6. The first kappa shape index (κ1) is 64.1. The molecule has 0 aliphatic carbocycles. The number of carbonyl (C=O) groups excluding carboxylic acids is 4. The van der Waals surface area contributed by atoms with Crippen molar-refractivity contribution in [3.63, 3.8) is 0 Å². The number of amides is 4. The zero-order chi connectivity index (χ0) is 60.0. The predicted molar refractivity (Wildman–Crippen MR) is 299 cm³/mol. The van der Waals surface area contributed by atoms with Crippen LogP contribution in [-0.2, 0) is 31.9 Å². The lowest BCUT2D eigenvalue weighted by atomic mass is 10.1. The van der Waals surface area contributed by atoms with Gasteiger partial charge in [0.25, 0.3) is 23.6 Å². The summed E-state index contributed by atoms with van der Waals surface area (Å²) in [6, 6.07) is 28.2. The van der Waals surface area contributed by atoms with Gasteiger partial charge in [-0.1, -0.05) is 93.1 Å². The zero-order valence-corrected chi connectivity index (χ0v) is 45.1. The second kappa shape index (κ2) is 30.8. The number of hydrazone groups is 1. The summed E-state index contributed by atoms with van der Waals surface area (Å²) in [6.45, 7) is 0.470. The quantitative estimate of drug-likeness (QED) is 0.00971. The Balaban J connectivity index is 0.000000280. The fourth-order valence-electron chi connectivity index (χ4n) is 6.87. The van der Waals surface area contributed by atoms with Gasteiger partial charge in [0.1, 0.15) is 0 Å². The van der Waals surface area contributed by atoms with Crippen molar-refractivity contribution in [2.45, 2.75) is 38.3 Å². The molecule has 0 fully saturated rings. The Kier molecular flexibility index (Phi) is 24.0. The number of rotatable bonds is 17. The van der Waals surface area contributed by atoms with Crippen LogP contribution in [0.3, 0.4) is 0 Å². The standard InChI is InChI=1S/C28H22Cl2F3N5O3.C23H15Cl2F3N6O2.C4H6O/c29-20-5-7-25(22(14-20)27(41)34-10-8-17-4-6-24(30)23(13-17)28(31,32)33)35-26(40)19-3-1-2-18(12-19)15-38-16-21(9-11-39)36-37-38;24-16-5-7-20(32-21(35)15-3-1-2-13(8-15)12-31-34-29)17(10-16)22(36)33-30-11-14-4-6-19(25)18(9-14)23(26,27)28;1-2-3-4-5/h1-8,10,12-14,16,39H,9,11,15H2,(H,34,41)(H,35,40);1-11H,12H2,(H,32,35)(H,33,36);1,5H,3-4H2/b10-8+;30-11+;. The number of nitrogens with one attached hydrogen (secondary N) is 4. The molecule has 0 spiro atoms. The van der Waals surface area contributed by atoms with E-state index in [-0.39, 0.29) is 69.0 Å². The fraction of sp³-hybridized carbons (Fsp3) is 0.145. The van der Waals surface area contributed by atoms with Crippen LogP contribution in [0, 0.1) is 12.3 Å². The minimum absolute atomic E-state index is 0.0367. The third-order valence-corrected chi connectivity index (χ3v) is 11.8. The van der Waals surface area contributed by atoms with Crippen molar-refractivity contribution in [1.29, 1.82) is 0 Å². The number of aliphatic hydroxyl groups excluding tert-OH is 2. The Bertz CT molecular complexity index is 3590. The zero-order valence-electron chi connectivity index (χ0n) is 42.1. The van der Waals surface area contributed by atoms with Gasteiger partial charge in [-0.15, -0.1) is 17.4 Å². The summed E-state index contributed by atoms with van der Waals surface area (Å²) >= 11 is 23.3. The van der Waals surface area contributed by atoms with Crippen molar-refractivity contribution in [3.05, 3.63) is 226 Å². The number of terminal acetylenes is 1. The van der Waals surface area contributed by atoms with E-state index >= 15 is 0 Å². The normalized spacial score (nSPS) is 11.1. The molecule has 17 nitrogen and oxygen atoms in total. The summed E-state index contributed by atoms with van der Waals surface area (Å²) in [5.74, 6) is -0.185. The molecule has 0 aliphatic heterocycles. The van der Waals surface area contributed by atoms with Crippen LogP contribution in [0.5, 0.6) is 0 Å². The Labute approximate surface area is 483 Å². The molecule has 7 rings (SSSR count). The molecule has 0 unspecified atom stereocenters. The number of hydrogen-bond acceptors (Lipinski definition) is 10. The summed E-state index contributed by atoms with van der Waals surface area (Å²) in [6.07, 6.45) is 1.48. The third kappa shape index (κ3) is 19.8. The molecule has 6 N–H and O–H groups in total. The van der Waals surface area contributed by atoms with Crippen LogP contribution in [0.2, 0.25) is 20.1 Å². The molecule has 1 heterocycles. The minimum Gasteiger partial charge on any atom is -0.396 e. The van der Waals surface area contributed by atoms with Gasteiger partial charge in [0.2, 0.25) is 0 Å².